The Kier molecular flexibility index (Phi) is 7.33. The molecular formula is C21H21ClN6O4S. The molecule has 1 fully saturated rings. The minimum Gasteiger partial charge on any atom is -0.464 e. The van der Waals surface area contributed by atoms with E-state index in [0.29, 0.717) is 47.8 Å². The van der Waals surface area contributed by atoms with Crippen molar-refractivity contribution in [1.29, 1.82) is 0 Å². The summed E-state index contributed by atoms with van der Waals surface area (Å²) in [5, 5.41) is 21.0. The minimum atomic E-state index is -0.413. The summed E-state index contributed by atoms with van der Waals surface area (Å²) in [5.74, 6) is -0.127. The zero-order valence-electron chi connectivity index (χ0n) is 17.5. The van der Waals surface area contributed by atoms with E-state index in [2.05, 4.69) is 20.5 Å². The molecule has 3 aromatic rings. The maximum atomic E-state index is 12.9. The molecule has 12 heteroatoms. The number of carbonyl (C=O) groups excluding carboxylic acids is 2. The number of halogens is 1. The van der Waals surface area contributed by atoms with Crippen molar-refractivity contribution < 1.29 is 19.4 Å². The Morgan fingerprint density at radius 1 is 1.21 bits per heavy atom. The van der Waals surface area contributed by atoms with Crippen molar-refractivity contribution in [3.63, 3.8) is 0 Å². The SMILES string of the molecule is O=C(Nc1nnc(OCc2ccc(Cl)cc2)s1)c1cccnc1N1CCN(CCO)C(=O)C1. The van der Waals surface area contributed by atoms with Gasteiger partial charge in [0.2, 0.25) is 11.0 Å². The van der Waals surface area contributed by atoms with Crippen LogP contribution in [-0.4, -0.2) is 69.8 Å². The molecule has 1 aliphatic heterocycles. The summed E-state index contributed by atoms with van der Waals surface area (Å²) >= 11 is 6.99. The number of nitrogens with zero attached hydrogens (tertiary/aromatic N) is 5. The van der Waals surface area contributed by atoms with E-state index in [1.54, 1.807) is 40.3 Å². The number of anilines is 2. The lowest BCUT2D eigenvalue weighted by atomic mass is 10.2. The molecule has 0 saturated carbocycles. The van der Waals surface area contributed by atoms with E-state index >= 15 is 0 Å². The molecule has 0 spiro atoms. The monoisotopic (exact) mass is 488 g/mol. The number of aliphatic hydroxyl groups excluding tert-OH is 1. The highest BCUT2D eigenvalue weighted by atomic mass is 35.5. The molecule has 10 nitrogen and oxygen atoms in total. The molecule has 2 amide bonds. The molecule has 1 saturated heterocycles. The largest absolute Gasteiger partial charge is 0.464 e. The summed E-state index contributed by atoms with van der Waals surface area (Å²) in [5.41, 5.74) is 1.24. The van der Waals surface area contributed by atoms with Gasteiger partial charge in [-0.3, -0.25) is 14.9 Å². The minimum absolute atomic E-state index is 0.0821. The fourth-order valence-corrected chi connectivity index (χ4v) is 4.00. The van der Waals surface area contributed by atoms with Crippen LogP contribution in [0.1, 0.15) is 15.9 Å². The topological polar surface area (TPSA) is 121 Å². The number of carbonyl (C=O) groups is 2. The number of aromatic nitrogens is 3. The fourth-order valence-electron chi connectivity index (χ4n) is 3.28. The molecule has 0 aliphatic carbocycles. The van der Waals surface area contributed by atoms with Gasteiger partial charge >= 0.3 is 0 Å². The maximum Gasteiger partial charge on any atom is 0.296 e. The molecule has 4 rings (SSSR count). The fraction of sp³-hybridized carbons (Fsp3) is 0.286. The third-order valence-corrected chi connectivity index (χ3v) is 5.93. The van der Waals surface area contributed by atoms with Crippen molar-refractivity contribution >= 4 is 45.7 Å². The maximum absolute atomic E-state index is 12.9. The van der Waals surface area contributed by atoms with Crippen LogP contribution in [0.5, 0.6) is 5.19 Å². The lowest BCUT2D eigenvalue weighted by Gasteiger charge is -2.35. The zero-order valence-corrected chi connectivity index (χ0v) is 19.1. The van der Waals surface area contributed by atoms with Crippen LogP contribution in [0, 0.1) is 0 Å². The third kappa shape index (κ3) is 5.75. The molecule has 2 N–H and O–H groups in total. The van der Waals surface area contributed by atoms with Crippen molar-refractivity contribution in [2.75, 3.05) is 43.0 Å². The molecular weight excluding hydrogens is 468 g/mol. The highest BCUT2D eigenvalue weighted by Gasteiger charge is 2.27. The number of rotatable bonds is 8. The van der Waals surface area contributed by atoms with Crippen molar-refractivity contribution in [2.24, 2.45) is 0 Å². The van der Waals surface area contributed by atoms with Crippen LogP contribution < -0.4 is 15.0 Å². The van der Waals surface area contributed by atoms with Gasteiger partial charge in [-0.15, -0.1) is 5.10 Å². The second-order valence-corrected chi connectivity index (χ2v) is 8.52. The first-order valence-corrected chi connectivity index (χ1v) is 11.3. The summed E-state index contributed by atoms with van der Waals surface area (Å²) in [4.78, 5) is 32.9. The number of pyridine rings is 1. The smallest absolute Gasteiger partial charge is 0.296 e. The molecule has 172 valence electrons. The van der Waals surface area contributed by atoms with Gasteiger partial charge in [0.15, 0.2) is 0 Å². The van der Waals surface area contributed by atoms with Gasteiger partial charge in [0, 0.05) is 30.9 Å². The summed E-state index contributed by atoms with van der Waals surface area (Å²) < 4.78 is 5.63. The first-order chi connectivity index (χ1) is 16.0. The number of ether oxygens (including phenoxy) is 1. The van der Waals surface area contributed by atoms with E-state index in [0.717, 1.165) is 16.9 Å². The molecule has 0 bridgehead atoms. The molecule has 3 heterocycles. The van der Waals surface area contributed by atoms with Gasteiger partial charge < -0.3 is 19.6 Å². The Hall–Kier alpha value is -3.28. The Balaban J connectivity index is 1.39. The van der Waals surface area contributed by atoms with Gasteiger partial charge in [-0.1, -0.05) is 28.8 Å². The number of benzene rings is 1. The predicted molar refractivity (Wildman–Crippen MR) is 124 cm³/mol. The first kappa shape index (κ1) is 22.9. The molecule has 0 unspecified atom stereocenters. The summed E-state index contributed by atoms with van der Waals surface area (Å²) in [6.45, 7) is 1.53. The highest BCUT2D eigenvalue weighted by molar-refractivity contribution is 7.17. The molecule has 2 aromatic heterocycles. The summed E-state index contributed by atoms with van der Waals surface area (Å²) in [7, 11) is 0. The number of piperazine rings is 1. The van der Waals surface area contributed by atoms with E-state index in [4.69, 9.17) is 21.4 Å². The van der Waals surface area contributed by atoms with E-state index in [1.165, 1.54) is 0 Å². The van der Waals surface area contributed by atoms with Gasteiger partial charge in [-0.2, -0.15) is 0 Å². The number of hydrogen-bond acceptors (Lipinski definition) is 9. The molecule has 0 atom stereocenters. The van der Waals surface area contributed by atoms with E-state index in [1.807, 2.05) is 12.1 Å². The third-order valence-electron chi connectivity index (χ3n) is 4.92. The number of amides is 2. The quantitative estimate of drug-likeness (QED) is 0.494. The van der Waals surface area contributed by atoms with Crippen molar-refractivity contribution in [3.05, 3.63) is 58.7 Å². The Labute approximate surface area is 198 Å². The van der Waals surface area contributed by atoms with Crippen LogP contribution in [0.15, 0.2) is 42.6 Å². The zero-order chi connectivity index (χ0) is 23.2. The average Bonchev–Trinajstić information content (AvgIpc) is 3.27. The van der Waals surface area contributed by atoms with Gasteiger partial charge in [0.25, 0.3) is 11.1 Å². The number of aliphatic hydroxyl groups is 1. The lowest BCUT2D eigenvalue weighted by Crippen LogP contribution is -2.51. The van der Waals surface area contributed by atoms with Gasteiger partial charge in [-0.25, -0.2) is 4.98 Å². The normalized spacial score (nSPS) is 13.8. The average molecular weight is 489 g/mol. The second kappa shape index (κ2) is 10.6. The highest BCUT2D eigenvalue weighted by Crippen LogP contribution is 2.26. The van der Waals surface area contributed by atoms with E-state index < -0.39 is 5.91 Å². The van der Waals surface area contributed by atoms with Gasteiger partial charge in [0.05, 0.1) is 18.7 Å². The molecule has 1 aromatic carbocycles. The van der Waals surface area contributed by atoms with Crippen LogP contribution in [-0.2, 0) is 11.4 Å². The van der Waals surface area contributed by atoms with Crippen molar-refractivity contribution in [2.45, 2.75) is 6.61 Å². The van der Waals surface area contributed by atoms with E-state index in [9.17, 15) is 9.59 Å². The molecule has 33 heavy (non-hydrogen) atoms. The van der Waals surface area contributed by atoms with Crippen LogP contribution >= 0.6 is 22.9 Å². The Morgan fingerprint density at radius 3 is 2.79 bits per heavy atom. The number of nitrogens with one attached hydrogen (secondary N) is 1. The molecule has 0 radical (unpaired) electrons. The van der Waals surface area contributed by atoms with Crippen LogP contribution in [0.4, 0.5) is 10.9 Å². The van der Waals surface area contributed by atoms with Gasteiger partial charge in [0.1, 0.15) is 12.4 Å². The van der Waals surface area contributed by atoms with Crippen LogP contribution in [0.3, 0.4) is 0 Å². The molecule has 1 aliphatic rings. The summed E-state index contributed by atoms with van der Waals surface area (Å²) in [6.07, 6.45) is 1.57. The number of β-amino-alcohol motifs (C(OH)–C–C–N with tert-alkyl or cyclic N) is 1. The Morgan fingerprint density at radius 2 is 2.03 bits per heavy atom. The van der Waals surface area contributed by atoms with Crippen molar-refractivity contribution in [3.8, 4) is 5.19 Å². The first-order valence-electron chi connectivity index (χ1n) is 10.1. The van der Waals surface area contributed by atoms with Crippen molar-refractivity contribution in [1.82, 2.24) is 20.1 Å². The lowest BCUT2D eigenvalue weighted by molar-refractivity contribution is -0.131. The second-order valence-electron chi connectivity index (χ2n) is 7.14. The Bertz CT molecular complexity index is 1130. The standard InChI is InChI=1S/C21H21ClN6O4S/c22-15-5-3-14(4-6-15)13-32-21-26-25-20(33-21)24-19(31)16-2-1-7-23-18(16)28-9-8-27(10-11-29)17(30)12-28/h1-7,29H,8-13H2,(H,24,25,31). The summed E-state index contributed by atoms with van der Waals surface area (Å²) in [6, 6.07) is 10.5. The van der Waals surface area contributed by atoms with Crippen LogP contribution in [0.25, 0.3) is 0 Å². The number of hydrogen-bond donors (Lipinski definition) is 2. The predicted octanol–water partition coefficient (Wildman–Crippen LogP) is 2.06. The van der Waals surface area contributed by atoms with Crippen LogP contribution in [0.2, 0.25) is 5.02 Å². The van der Waals surface area contributed by atoms with E-state index in [-0.39, 0.29) is 24.2 Å². The van der Waals surface area contributed by atoms with Gasteiger partial charge in [-0.05, 0) is 41.2 Å².